The molecule has 0 saturated heterocycles. The molecule has 0 aromatic heterocycles. The number of carbonyl (C=O) groups excluding carboxylic acids is 1. The summed E-state index contributed by atoms with van der Waals surface area (Å²) in [7, 11) is 0. The van der Waals surface area contributed by atoms with Crippen LogP contribution in [0, 0.1) is 0 Å². The molecule has 2 aromatic carbocycles. The highest BCUT2D eigenvalue weighted by Gasteiger charge is 2.27. The molecule has 2 aromatic rings. The van der Waals surface area contributed by atoms with E-state index in [4.69, 9.17) is 4.74 Å². The third-order valence-electron chi connectivity index (χ3n) is 3.49. The third kappa shape index (κ3) is 2.94. The van der Waals surface area contributed by atoms with E-state index in [2.05, 4.69) is 10.5 Å². The van der Waals surface area contributed by atoms with Crippen LogP contribution >= 0.6 is 0 Å². The smallest absolute Gasteiger partial charge is 0.339 e. The Balaban J connectivity index is 1.74. The van der Waals surface area contributed by atoms with Gasteiger partial charge in [0.25, 0.3) is 0 Å². The van der Waals surface area contributed by atoms with Gasteiger partial charge in [-0.1, -0.05) is 36.4 Å². The number of esters is 1. The number of benzene rings is 2. The lowest BCUT2D eigenvalue weighted by Gasteiger charge is -2.24. The van der Waals surface area contributed by atoms with E-state index in [-0.39, 0.29) is 12.1 Å². The lowest BCUT2D eigenvalue weighted by Crippen LogP contribution is -2.33. The van der Waals surface area contributed by atoms with Crippen LogP contribution in [0.1, 0.15) is 22.8 Å². The summed E-state index contributed by atoms with van der Waals surface area (Å²) in [6.45, 7) is 1.86. The lowest BCUT2D eigenvalue weighted by molar-refractivity contribution is 0.0389. The first-order valence-corrected chi connectivity index (χ1v) is 6.88. The fourth-order valence-electron chi connectivity index (χ4n) is 2.30. The van der Waals surface area contributed by atoms with Crippen LogP contribution in [-0.2, 0) is 11.2 Å². The zero-order chi connectivity index (χ0) is 14.7. The van der Waals surface area contributed by atoms with E-state index in [0.29, 0.717) is 12.0 Å². The van der Waals surface area contributed by atoms with Gasteiger partial charge in [-0.15, -0.1) is 0 Å². The molecule has 0 fully saturated rings. The number of nitrogens with one attached hydrogen (secondary N) is 1. The van der Waals surface area contributed by atoms with Gasteiger partial charge in [0.1, 0.15) is 6.10 Å². The first-order valence-electron chi connectivity index (χ1n) is 6.88. The number of cyclic esters (lactones) is 1. The average Bonchev–Trinajstić information content (AvgIpc) is 2.53. The van der Waals surface area contributed by atoms with Crippen molar-refractivity contribution in [3.8, 4) is 0 Å². The monoisotopic (exact) mass is 280 g/mol. The van der Waals surface area contributed by atoms with Crippen molar-refractivity contribution < 1.29 is 9.53 Å². The molecule has 3 rings (SSSR count). The lowest BCUT2D eigenvalue weighted by atomic mass is 9.97. The molecule has 1 unspecified atom stereocenters. The van der Waals surface area contributed by atoms with Crippen molar-refractivity contribution in [2.75, 3.05) is 5.43 Å². The van der Waals surface area contributed by atoms with E-state index in [9.17, 15) is 4.79 Å². The molecule has 0 radical (unpaired) electrons. The molecule has 1 aliphatic rings. The fourth-order valence-corrected chi connectivity index (χ4v) is 2.30. The van der Waals surface area contributed by atoms with Crippen molar-refractivity contribution >= 4 is 17.4 Å². The summed E-state index contributed by atoms with van der Waals surface area (Å²) in [6.07, 6.45) is 0.344. The normalized spacial score (nSPS) is 17.9. The van der Waals surface area contributed by atoms with Gasteiger partial charge in [0.05, 0.1) is 17.0 Å². The van der Waals surface area contributed by atoms with Crippen molar-refractivity contribution in [3.63, 3.8) is 0 Å². The number of ether oxygens (including phenoxy) is 1. The number of hydrogen-bond donors (Lipinski definition) is 1. The predicted molar refractivity (Wildman–Crippen MR) is 82.5 cm³/mol. The van der Waals surface area contributed by atoms with Crippen molar-refractivity contribution in [3.05, 3.63) is 65.7 Å². The number of hydrogen-bond acceptors (Lipinski definition) is 4. The molecule has 1 atom stereocenters. The van der Waals surface area contributed by atoms with Gasteiger partial charge in [0.15, 0.2) is 0 Å². The van der Waals surface area contributed by atoms with Crippen molar-refractivity contribution in [2.24, 2.45) is 5.10 Å². The van der Waals surface area contributed by atoms with Gasteiger partial charge in [-0.3, -0.25) is 5.43 Å². The Morgan fingerprint density at radius 2 is 1.86 bits per heavy atom. The van der Waals surface area contributed by atoms with Gasteiger partial charge in [-0.05, 0) is 30.7 Å². The number of para-hydroxylation sites is 1. The number of nitrogens with zero attached hydrogens (tertiary/aromatic N) is 1. The predicted octanol–water partition coefficient (Wildman–Crippen LogP) is 3.26. The van der Waals surface area contributed by atoms with Crippen LogP contribution in [0.25, 0.3) is 0 Å². The van der Waals surface area contributed by atoms with Crippen molar-refractivity contribution in [1.82, 2.24) is 0 Å². The van der Waals surface area contributed by atoms with E-state index in [0.717, 1.165) is 17.0 Å². The zero-order valence-electron chi connectivity index (χ0n) is 11.7. The quantitative estimate of drug-likeness (QED) is 0.533. The number of fused-ring (bicyclic) bond motifs is 1. The Hall–Kier alpha value is -2.62. The van der Waals surface area contributed by atoms with E-state index in [1.54, 1.807) is 6.07 Å². The van der Waals surface area contributed by atoms with Crippen LogP contribution in [0.15, 0.2) is 59.7 Å². The summed E-state index contributed by atoms with van der Waals surface area (Å²) in [5, 5.41) is 4.31. The molecule has 21 heavy (non-hydrogen) atoms. The minimum absolute atomic E-state index is 0.281. The molecule has 4 nitrogen and oxygen atoms in total. The molecule has 0 saturated carbocycles. The molecular formula is C17H16N2O2. The number of rotatable bonds is 3. The second kappa shape index (κ2) is 5.79. The Morgan fingerprint density at radius 1 is 1.14 bits per heavy atom. The molecule has 0 spiro atoms. The summed E-state index contributed by atoms with van der Waals surface area (Å²) in [4.78, 5) is 12.0. The second-order valence-corrected chi connectivity index (χ2v) is 4.99. The van der Waals surface area contributed by atoms with Gasteiger partial charge in [0, 0.05) is 6.42 Å². The first-order chi connectivity index (χ1) is 10.2. The Bertz CT molecular complexity index is 680. The molecule has 0 amide bonds. The summed E-state index contributed by atoms with van der Waals surface area (Å²) in [5.41, 5.74) is 6.29. The largest absolute Gasteiger partial charge is 0.452 e. The van der Waals surface area contributed by atoms with E-state index in [1.165, 1.54) is 0 Å². The standard InChI is InChI=1S/C17H16N2O2/c1-12(18-19-14-8-3-2-4-9-14)16-11-13-7-5-6-10-15(13)17(20)21-16/h2-10,16,19H,11H2,1H3/b18-12+. The molecule has 0 aliphatic carbocycles. The minimum Gasteiger partial charge on any atom is -0.452 e. The van der Waals surface area contributed by atoms with Crippen LogP contribution in [0.3, 0.4) is 0 Å². The van der Waals surface area contributed by atoms with Crippen molar-refractivity contribution in [1.29, 1.82) is 0 Å². The molecule has 1 aliphatic heterocycles. The third-order valence-corrected chi connectivity index (χ3v) is 3.49. The summed E-state index contributed by atoms with van der Waals surface area (Å²) < 4.78 is 5.45. The fraction of sp³-hybridized carbons (Fsp3) is 0.176. The molecule has 4 heteroatoms. The highest BCUT2D eigenvalue weighted by molar-refractivity contribution is 5.97. The minimum atomic E-state index is -0.316. The van der Waals surface area contributed by atoms with Crippen LogP contribution in [0.2, 0.25) is 0 Å². The maximum Gasteiger partial charge on any atom is 0.339 e. The van der Waals surface area contributed by atoms with Gasteiger partial charge >= 0.3 is 5.97 Å². The number of carbonyl (C=O) groups is 1. The van der Waals surface area contributed by atoms with Gasteiger partial charge in [0.2, 0.25) is 0 Å². The Kier molecular flexibility index (Phi) is 3.69. The molecular weight excluding hydrogens is 264 g/mol. The van der Waals surface area contributed by atoms with E-state index in [1.807, 2.05) is 55.5 Å². The summed E-state index contributed by atoms with van der Waals surface area (Å²) in [6, 6.07) is 17.2. The Morgan fingerprint density at radius 3 is 2.67 bits per heavy atom. The Labute approximate surface area is 123 Å². The second-order valence-electron chi connectivity index (χ2n) is 4.99. The van der Waals surface area contributed by atoms with Crippen LogP contribution in [-0.4, -0.2) is 17.8 Å². The average molecular weight is 280 g/mol. The van der Waals surface area contributed by atoms with Crippen LogP contribution in [0.4, 0.5) is 5.69 Å². The molecule has 106 valence electrons. The topological polar surface area (TPSA) is 50.7 Å². The summed E-state index contributed by atoms with van der Waals surface area (Å²) in [5.74, 6) is -0.281. The molecule has 0 bridgehead atoms. The van der Waals surface area contributed by atoms with E-state index >= 15 is 0 Å². The highest BCUT2D eigenvalue weighted by atomic mass is 16.5. The maximum absolute atomic E-state index is 12.0. The van der Waals surface area contributed by atoms with Gasteiger partial charge in [-0.25, -0.2) is 4.79 Å². The van der Waals surface area contributed by atoms with Gasteiger partial charge < -0.3 is 4.74 Å². The number of hydrazone groups is 1. The number of anilines is 1. The van der Waals surface area contributed by atoms with E-state index < -0.39 is 0 Å². The van der Waals surface area contributed by atoms with Crippen LogP contribution in [0.5, 0.6) is 0 Å². The molecule has 1 heterocycles. The SMILES string of the molecule is C/C(=N\Nc1ccccc1)C1Cc2ccccc2C(=O)O1. The first kappa shape index (κ1) is 13.4. The zero-order valence-corrected chi connectivity index (χ0v) is 11.7. The maximum atomic E-state index is 12.0. The summed E-state index contributed by atoms with van der Waals surface area (Å²) >= 11 is 0. The highest BCUT2D eigenvalue weighted by Crippen LogP contribution is 2.21. The van der Waals surface area contributed by atoms with Crippen LogP contribution < -0.4 is 5.43 Å². The van der Waals surface area contributed by atoms with Gasteiger partial charge in [-0.2, -0.15) is 5.10 Å². The molecule has 1 N–H and O–H groups in total. The van der Waals surface area contributed by atoms with Crippen molar-refractivity contribution in [2.45, 2.75) is 19.4 Å².